The molecule has 1 fully saturated rings. The van der Waals surface area contributed by atoms with Crippen LogP contribution >= 0.6 is 15.9 Å². The molecule has 3 atom stereocenters. The molecule has 3 N–H and O–H groups in total. The Balaban J connectivity index is 2.14. The van der Waals surface area contributed by atoms with Crippen molar-refractivity contribution in [1.29, 1.82) is 0 Å². The van der Waals surface area contributed by atoms with Gasteiger partial charge in [-0.1, -0.05) is 42.1 Å². The van der Waals surface area contributed by atoms with Gasteiger partial charge in [0.15, 0.2) is 0 Å². The molecule has 0 heterocycles. The SMILES string of the molecule is CCC1CCCC(C(O)c2cc(Br)ccc2N)C1. The van der Waals surface area contributed by atoms with Gasteiger partial charge in [-0.2, -0.15) is 0 Å². The molecule has 2 rings (SSSR count). The van der Waals surface area contributed by atoms with Crippen LogP contribution in [-0.4, -0.2) is 5.11 Å². The third kappa shape index (κ3) is 3.07. The van der Waals surface area contributed by atoms with E-state index in [1.807, 2.05) is 18.2 Å². The molecule has 0 saturated heterocycles. The molecule has 1 saturated carbocycles. The zero-order valence-corrected chi connectivity index (χ0v) is 12.5. The van der Waals surface area contributed by atoms with E-state index >= 15 is 0 Å². The van der Waals surface area contributed by atoms with E-state index < -0.39 is 6.10 Å². The van der Waals surface area contributed by atoms with Crippen LogP contribution in [0.25, 0.3) is 0 Å². The van der Waals surface area contributed by atoms with Crippen LogP contribution in [0.15, 0.2) is 22.7 Å². The van der Waals surface area contributed by atoms with Gasteiger partial charge in [0.2, 0.25) is 0 Å². The highest BCUT2D eigenvalue weighted by molar-refractivity contribution is 9.10. The van der Waals surface area contributed by atoms with Crippen LogP contribution in [0, 0.1) is 11.8 Å². The molecule has 0 aliphatic heterocycles. The predicted octanol–water partition coefficient (Wildman–Crippen LogP) is 4.28. The lowest BCUT2D eigenvalue weighted by Crippen LogP contribution is -2.22. The summed E-state index contributed by atoms with van der Waals surface area (Å²) in [6.07, 6.45) is 5.59. The van der Waals surface area contributed by atoms with E-state index in [-0.39, 0.29) is 0 Å². The molecule has 3 unspecified atom stereocenters. The Kier molecular flexibility index (Phi) is 4.68. The summed E-state index contributed by atoms with van der Waals surface area (Å²) >= 11 is 3.45. The Morgan fingerprint density at radius 3 is 2.94 bits per heavy atom. The van der Waals surface area contributed by atoms with Crippen molar-refractivity contribution in [3.05, 3.63) is 28.2 Å². The Bertz CT molecular complexity index is 407. The summed E-state index contributed by atoms with van der Waals surface area (Å²) in [5.74, 6) is 1.13. The summed E-state index contributed by atoms with van der Waals surface area (Å²) in [6, 6.07) is 5.74. The molecule has 1 aliphatic carbocycles. The number of aliphatic hydroxyl groups excluding tert-OH is 1. The minimum atomic E-state index is -0.420. The molecule has 3 heteroatoms. The highest BCUT2D eigenvalue weighted by Crippen LogP contribution is 2.40. The number of aliphatic hydroxyl groups is 1. The first-order valence-corrected chi connectivity index (χ1v) is 7.64. The minimum Gasteiger partial charge on any atom is -0.398 e. The van der Waals surface area contributed by atoms with Crippen LogP contribution in [0.4, 0.5) is 5.69 Å². The molecule has 1 aromatic rings. The summed E-state index contributed by atoms with van der Waals surface area (Å²) in [6.45, 7) is 2.24. The molecule has 1 aromatic carbocycles. The largest absolute Gasteiger partial charge is 0.398 e. The smallest absolute Gasteiger partial charge is 0.0838 e. The molecule has 0 aromatic heterocycles. The molecule has 0 amide bonds. The van der Waals surface area contributed by atoms with E-state index in [2.05, 4.69) is 22.9 Å². The van der Waals surface area contributed by atoms with Gasteiger partial charge in [0.1, 0.15) is 0 Å². The van der Waals surface area contributed by atoms with Crippen molar-refractivity contribution in [3.63, 3.8) is 0 Å². The van der Waals surface area contributed by atoms with Crippen molar-refractivity contribution in [2.45, 2.75) is 45.1 Å². The summed E-state index contributed by atoms with van der Waals surface area (Å²) in [7, 11) is 0. The topological polar surface area (TPSA) is 46.2 Å². The lowest BCUT2D eigenvalue weighted by Gasteiger charge is -2.32. The quantitative estimate of drug-likeness (QED) is 0.818. The van der Waals surface area contributed by atoms with Gasteiger partial charge >= 0.3 is 0 Å². The maximum Gasteiger partial charge on any atom is 0.0838 e. The zero-order valence-electron chi connectivity index (χ0n) is 10.9. The second-order valence-electron chi connectivity index (χ2n) is 5.42. The van der Waals surface area contributed by atoms with Crippen molar-refractivity contribution in [3.8, 4) is 0 Å². The molecule has 100 valence electrons. The van der Waals surface area contributed by atoms with Crippen LogP contribution in [0.2, 0.25) is 0 Å². The van der Waals surface area contributed by atoms with Crippen molar-refractivity contribution in [1.82, 2.24) is 0 Å². The van der Waals surface area contributed by atoms with E-state index in [4.69, 9.17) is 5.73 Å². The van der Waals surface area contributed by atoms with E-state index in [9.17, 15) is 5.11 Å². The fourth-order valence-corrected chi connectivity index (χ4v) is 3.42. The third-order valence-corrected chi connectivity index (χ3v) is 4.71. The number of rotatable bonds is 3. The monoisotopic (exact) mass is 311 g/mol. The summed E-state index contributed by atoms with van der Waals surface area (Å²) in [5, 5.41) is 10.6. The van der Waals surface area contributed by atoms with E-state index in [1.54, 1.807) is 0 Å². The summed E-state index contributed by atoms with van der Waals surface area (Å²) in [5.41, 5.74) is 7.56. The molecular formula is C15H22BrNO. The Morgan fingerprint density at radius 2 is 2.22 bits per heavy atom. The lowest BCUT2D eigenvalue weighted by molar-refractivity contribution is 0.0683. The summed E-state index contributed by atoms with van der Waals surface area (Å²) in [4.78, 5) is 0. The van der Waals surface area contributed by atoms with Gasteiger partial charge in [-0.15, -0.1) is 0 Å². The molecule has 1 aliphatic rings. The van der Waals surface area contributed by atoms with Crippen LogP contribution in [0.5, 0.6) is 0 Å². The standard InChI is InChI=1S/C15H22BrNO/c1-2-10-4-3-5-11(8-10)15(18)13-9-12(16)6-7-14(13)17/h6-7,9-11,15,18H,2-5,8,17H2,1H3. The third-order valence-electron chi connectivity index (χ3n) is 4.21. The first-order valence-electron chi connectivity index (χ1n) is 6.84. The van der Waals surface area contributed by atoms with Gasteiger partial charge in [0, 0.05) is 15.7 Å². The fourth-order valence-electron chi connectivity index (χ4n) is 3.05. The minimum absolute atomic E-state index is 0.361. The maximum absolute atomic E-state index is 10.6. The van der Waals surface area contributed by atoms with Crippen molar-refractivity contribution in [2.75, 3.05) is 5.73 Å². The molecule has 2 nitrogen and oxygen atoms in total. The zero-order chi connectivity index (χ0) is 13.1. The van der Waals surface area contributed by atoms with E-state index in [0.717, 1.165) is 28.8 Å². The molecular weight excluding hydrogens is 290 g/mol. The average Bonchev–Trinajstić information content (AvgIpc) is 2.41. The number of anilines is 1. The number of hydrogen-bond donors (Lipinski definition) is 2. The fraction of sp³-hybridized carbons (Fsp3) is 0.600. The number of benzene rings is 1. The maximum atomic E-state index is 10.6. The first-order chi connectivity index (χ1) is 8.61. The number of halogens is 1. The normalized spacial score (nSPS) is 25.9. The second kappa shape index (κ2) is 6.07. The van der Waals surface area contributed by atoms with Crippen molar-refractivity contribution < 1.29 is 5.11 Å². The average molecular weight is 312 g/mol. The predicted molar refractivity (Wildman–Crippen MR) is 79.3 cm³/mol. The number of hydrogen-bond acceptors (Lipinski definition) is 2. The van der Waals surface area contributed by atoms with Gasteiger partial charge in [-0.25, -0.2) is 0 Å². The highest BCUT2D eigenvalue weighted by Gasteiger charge is 2.28. The highest BCUT2D eigenvalue weighted by atomic mass is 79.9. The molecule has 0 bridgehead atoms. The van der Waals surface area contributed by atoms with Gasteiger partial charge < -0.3 is 10.8 Å². The first kappa shape index (κ1) is 13.9. The van der Waals surface area contributed by atoms with E-state index in [1.165, 1.54) is 19.3 Å². The Morgan fingerprint density at radius 1 is 1.44 bits per heavy atom. The molecule has 0 spiro atoms. The van der Waals surface area contributed by atoms with Crippen LogP contribution < -0.4 is 5.73 Å². The summed E-state index contributed by atoms with van der Waals surface area (Å²) < 4.78 is 0.980. The Labute approximate surface area is 118 Å². The van der Waals surface area contributed by atoms with Crippen LogP contribution in [0.1, 0.15) is 50.7 Å². The second-order valence-corrected chi connectivity index (χ2v) is 6.33. The van der Waals surface area contributed by atoms with Gasteiger partial charge in [0.05, 0.1) is 6.10 Å². The Hall–Kier alpha value is -0.540. The van der Waals surface area contributed by atoms with Crippen LogP contribution in [-0.2, 0) is 0 Å². The molecule has 18 heavy (non-hydrogen) atoms. The van der Waals surface area contributed by atoms with Gasteiger partial charge in [0.25, 0.3) is 0 Å². The van der Waals surface area contributed by atoms with Crippen molar-refractivity contribution >= 4 is 21.6 Å². The lowest BCUT2D eigenvalue weighted by atomic mass is 9.76. The van der Waals surface area contributed by atoms with Gasteiger partial charge in [-0.05, 0) is 42.9 Å². The van der Waals surface area contributed by atoms with Crippen molar-refractivity contribution in [2.24, 2.45) is 11.8 Å². The number of nitrogen functional groups attached to an aromatic ring is 1. The van der Waals surface area contributed by atoms with Crippen LogP contribution in [0.3, 0.4) is 0 Å². The van der Waals surface area contributed by atoms with Gasteiger partial charge in [-0.3, -0.25) is 0 Å². The number of nitrogens with two attached hydrogens (primary N) is 1. The molecule has 0 radical (unpaired) electrons. The van der Waals surface area contributed by atoms with E-state index in [0.29, 0.717) is 11.6 Å².